The summed E-state index contributed by atoms with van der Waals surface area (Å²) < 4.78 is 1.73. The number of hydrogen-bond acceptors (Lipinski definition) is 1. The molecule has 0 saturated heterocycles. The Morgan fingerprint density at radius 1 is 1.27 bits per heavy atom. The SMILES string of the molecule is O=C1C(Br)=C(Br)C2C=CC1C2. The van der Waals surface area contributed by atoms with Crippen LogP contribution in [0.1, 0.15) is 6.42 Å². The fraction of sp³-hybridized carbons (Fsp3) is 0.375. The number of rotatable bonds is 0. The number of halogens is 2. The van der Waals surface area contributed by atoms with E-state index >= 15 is 0 Å². The molecule has 11 heavy (non-hydrogen) atoms. The topological polar surface area (TPSA) is 17.1 Å². The third-order valence-corrected chi connectivity index (χ3v) is 4.51. The van der Waals surface area contributed by atoms with Crippen LogP contribution in [-0.2, 0) is 4.79 Å². The average Bonchev–Trinajstić information content (AvgIpc) is 2.44. The Kier molecular flexibility index (Phi) is 1.80. The molecule has 2 bridgehead atoms. The Morgan fingerprint density at radius 2 is 1.91 bits per heavy atom. The molecule has 1 nitrogen and oxygen atoms in total. The van der Waals surface area contributed by atoms with Gasteiger partial charge in [0.05, 0.1) is 4.48 Å². The van der Waals surface area contributed by atoms with Crippen molar-refractivity contribution in [2.75, 3.05) is 0 Å². The van der Waals surface area contributed by atoms with Crippen LogP contribution in [-0.4, -0.2) is 5.78 Å². The van der Waals surface area contributed by atoms with Gasteiger partial charge in [-0.1, -0.05) is 28.1 Å². The number of allylic oxidation sites excluding steroid dienone is 4. The van der Waals surface area contributed by atoms with Crippen molar-refractivity contribution in [3.05, 3.63) is 21.1 Å². The van der Waals surface area contributed by atoms with Crippen molar-refractivity contribution in [1.29, 1.82) is 0 Å². The molecule has 2 rings (SSSR count). The predicted octanol–water partition coefficient (Wildman–Crippen LogP) is 2.76. The van der Waals surface area contributed by atoms with Crippen LogP contribution in [0.15, 0.2) is 21.1 Å². The van der Waals surface area contributed by atoms with E-state index in [1.165, 1.54) is 0 Å². The standard InChI is InChI=1S/C8H6Br2O/c9-6-4-1-2-5(3-4)8(11)7(6)10/h1-2,4-5H,3H2. The quantitative estimate of drug-likeness (QED) is 0.623. The van der Waals surface area contributed by atoms with E-state index in [0.29, 0.717) is 5.92 Å². The van der Waals surface area contributed by atoms with Crippen molar-refractivity contribution < 1.29 is 4.79 Å². The Morgan fingerprint density at radius 3 is 2.64 bits per heavy atom. The molecule has 0 aromatic heterocycles. The van der Waals surface area contributed by atoms with E-state index in [0.717, 1.165) is 15.4 Å². The normalized spacial score (nSPS) is 35.3. The lowest BCUT2D eigenvalue weighted by atomic mass is 9.93. The maximum Gasteiger partial charge on any atom is 0.177 e. The summed E-state index contributed by atoms with van der Waals surface area (Å²) in [5, 5.41) is 0. The molecule has 3 heteroatoms. The van der Waals surface area contributed by atoms with Crippen LogP contribution in [0.3, 0.4) is 0 Å². The smallest absolute Gasteiger partial charge is 0.177 e. The van der Waals surface area contributed by atoms with Gasteiger partial charge in [-0.05, 0) is 22.4 Å². The van der Waals surface area contributed by atoms with Gasteiger partial charge in [0.2, 0.25) is 0 Å². The van der Waals surface area contributed by atoms with Gasteiger partial charge in [-0.2, -0.15) is 0 Å². The fourth-order valence-corrected chi connectivity index (χ4v) is 2.65. The molecule has 0 saturated carbocycles. The minimum absolute atomic E-state index is 0.135. The van der Waals surface area contributed by atoms with Gasteiger partial charge in [0.1, 0.15) is 0 Å². The van der Waals surface area contributed by atoms with Gasteiger partial charge in [-0.15, -0.1) is 0 Å². The maximum absolute atomic E-state index is 11.4. The summed E-state index contributed by atoms with van der Waals surface area (Å²) in [6.07, 6.45) is 5.05. The Balaban J connectivity index is 2.49. The molecule has 0 spiro atoms. The van der Waals surface area contributed by atoms with Crippen LogP contribution in [0.2, 0.25) is 0 Å². The first-order chi connectivity index (χ1) is 5.20. The zero-order chi connectivity index (χ0) is 8.01. The summed E-state index contributed by atoms with van der Waals surface area (Å²) >= 11 is 6.69. The molecule has 0 radical (unpaired) electrons. The molecular formula is C8H6Br2O. The molecule has 2 aliphatic rings. The van der Waals surface area contributed by atoms with Crippen molar-refractivity contribution in [3.63, 3.8) is 0 Å². The Hall–Kier alpha value is 0.110. The summed E-state index contributed by atoms with van der Waals surface area (Å²) in [5.74, 6) is 0.782. The molecule has 0 amide bonds. The monoisotopic (exact) mass is 276 g/mol. The van der Waals surface area contributed by atoms with Gasteiger partial charge in [-0.3, -0.25) is 4.79 Å². The number of ketones is 1. The van der Waals surface area contributed by atoms with E-state index < -0.39 is 0 Å². The summed E-state index contributed by atoms with van der Waals surface area (Å²) in [4.78, 5) is 11.4. The van der Waals surface area contributed by atoms with Crippen LogP contribution < -0.4 is 0 Å². The van der Waals surface area contributed by atoms with E-state index in [9.17, 15) is 4.79 Å². The first-order valence-corrected chi connectivity index (χ1v) is 5.06. The number of fused-ring (bicyclic) bond motifs is 2. The highest BCUT2D eigenvalue weighted by Gasteiger charge is 2.34. The van der Waals surface area contributed by atoms with E-state index in [1.807, 2.05) is 6.08 Å². The molecule has 0 aromatic carbocycles. The van der Waals surface area contributed by atoms with Crippen molar-refractivity contribution in [2.24, 2.45) is 11.8 Å². The largest absolute Gasteiger partial charge is 0.293 e. The number of hydrogen-bond donors (Lipinski definition) is 0. The molecule has 0 fully saturated rings. The molecule has 0 N–H and O–H groups in total. The minimum atomic E-state index is 0.135. The lowest BCUT2D eigenvalue weighted by Gasteiger charge is -2.18. The molecule has 2 aliphatic carbocycles. The summed E-state index contributed by atoms with van der Waals surface area (Å²) in [5.41, 5.74) is 0. The molecular weight excluding hydrogens is 272 g/mol. The fourth-order valence-electron chi connectivity index (χ4n) is 1.52. The zero-order valence-electron chi connectivity index (χ0n) is 5.68. The lowest BCUT2D eigenvalue weighted by Crippen LogP contribution is -2.17. The third kappa shape index (κ3) is 1.05. The first-order valence-electron chi connectivity index (χ1n) is 3.48. The van der Waals surface area contributed by atoms with Gasteiger partial charge in [-0.25, -0.2) is 0 Å². The second-order valence-corrected chi connectivity index (χ2v) is 4.51. The maximum atomic E-state index is 11.4. The van der Waals surface area contributed by atoms with Gasteiger partial charge >= 0.3 is 0 Å². The van der Waals surface area contributed by atoms with Gasteiger partial charge in [0.15, 0.2) is 5.78 Å². The predicted molar refractivity (Wildman–Crippen MR) is 50.6 cm³/mol. The third-order valence-electron chi connectivity index (χ3n) is 2.17. The molecule has 0 heterocycles. The van der Waals surface area contributed by atoms with E-state index in [1.54, 1.807) is 0 Å². The average molecular weight is 278 g/mol. The van der Waals surface area contributed by atoms with Crippen LogP contribution in [0.25, 0.3) is 0 Å². The summed E-state index contributed by atoms with van der Waals surface area (Å²) in [6, 6.07) is 0. The van der Waals surface area contributed by atoms with Crippen LogP contribution in [0.4, 0.5) is 0 Å². The summed E-state index contributed by atoms with van der Waals surface area (Å²) in [7, 11) is 0. The highest BCUT2D eigenvalue weighted by Crippen LogP contribution is 2.42. The first kappa shape index (κ1) is 7.74. The molecule has 2 unspecified atom stereocenters. The zero-order valence-corrected chi connectivity index (χ0v) is 8.85. The van der Waals surface area contributed by atoms with Crippen LogP contribution in [0, 0.1) is 11.8 Å². The number of Topliss-reactive ketones (excluding diaryl/α,β-unsaturated/α-hetero) is 1. The van der Waals surface area contributed by atoms with E-state index in [-0.39, 0.29) is 11.7 Å². The van der Waals surface area contributed by atoms with Crippen LogP contribution >= 0.6 is 31.9 Å². The van der Waals surface area contributed by atoms with E-state index in [2.05, 4.69) is 37.9 Å². The highest BCUT2D eigenvalue weighted by molar-refractivity contribution is 9.14. The van der Waals surface area contributed by atoms with Gasteiger partial charge in [0, 0.05) is 16.3 Å². The van der Waals surface area contributed by atoms with E-state index in [4.69, 9.17) is 0 Å². The van der Waals surface area contributed by atoms with Crippen molar-refractivity contribution in [3.8, 4) is 0 Å². The molecule has 2 atom stereocenters. The Bertz CT molecular complexity index is 278. The Labute approximate surface area is 81.8 Å². The molecule has 58 valence electrons. The van der Waals surface area contributed by atoms with Gasteiger partial charge < -0.3 is 0 Å². The number of carbonyl (C=O) groups is 1. The van der Waals surface area contributed by atoms with Crippen molar-refractivity contribution >= 4 is 37.6 Å². The van der Waals surface area contributed by atoms with Gasteiger partial charge in [0.25, 0.3) is 0 Å². The molecule has 0 aliphatic heterocycles. The summed E-state index contributed by atoms with van der Waals surface area (Å²) in [6.45, 7) is 0. The molecule has 0 aromatic rings. The minimum Gasteiger partial charge on any atom is -0.293 e. The second-order valence-electron chi connectivity index (χ2n) is 2.86. The second kappa shape index (κ2) is 2.56. The lowest BCUT2D eigenvalue weighted by molar-refractivity contribution is -0.117. The highest BCUT2D eigenvalue weighted by atomic mass is 79.9. The van der Waals surface area contributed by atoms with Crippen molar-refractivity contribution in [1.82, 2.24) is 0 Å². The van der Waals surface area contributed by atoms with Crippen LogP contribution in [0.5, 0.6) is 0 Å². The van der Waals surface area contributed by atoms with Crippen molar-refractivity contribution in [2.45, 2.75) is 6.42 Å². The number of carbonyl (C=O) groups excluding carboxylic acids is 1.